The molecule has 0 aliphatic carbocycles. The van der Waals surface area contributed by atoms with Crippen molar-refractivity contribution in [3.05, 3.63) is 34.6 Å². The summed E-state index contributed by atoms with van der Waals surface area (Å²) in [6.07, 6.45) is 2.78. The van der Waals surface area contributed by atoms with E-state index in [2.05, 4.69) is 5.32 Å². The highest BCUT2D eigenvalue weighted by molar-refractivity contribution is 5.88. The van der Waals surface area contributed by atoms with Crippen molar-refractivity contribution in [2.75, 3.05) is 6.54 Å². The van der Waals surface area contributed by atoms with E-state index in [1.54, 1.807) is 0 Å². The van der Waals surface area contributed by atoms with Crippen LogP contribution in [0.15, 0.2) is 12.1 Å². The number of rotatable bonds is 3. The van der Waals surface area contributed by atoms with Gasteiger partial charge in [-0.05, 0) is 49.1 Å². The summed E-state index contributed by atoms with van der Waals surface area (Å²) in [7, 11) is 0. The lowest BCUT2D eigenvalue weighted by atomic mass is 9.95. The maximum Gasteiger partial charge on any atom is 0.338 e. The smallest absolute Gasteiger partial charge is 0.338 e. The van der Waals surface area contributed by atoms with Crippen molar-refractivity contribution in [2.45, 2.75) is 32.2 Å². The third kappa shape index (κ3) is 2.31. The van der Waals surface area contributed by atoms with Gasteiger partial charge in [0, 0.05) is 6.04 Å². The van der Waals surface area contributed by atoms with E-state index < -0.39 is 11.8 Å². The van der Waals surface area contributed by atoms with E-state index in [4.69, 9.17) is 5.11 Å². The minimum atomic E-state index is -1.21. The highest BCUT2D eigenvalue weighted by Crippen LogP contribution is 2.28. The minimum Gasteiger partial charge on any atom is -0.478 e. The number of carbonyl (C=O) groups is 1. The molecule has 1 saturated heterocycles. The standard InChI is InChI=1S/C13H16FNO2/c1-2-8-6-10(13(16)17)11(14)7-9(8)12-4-3-5-15-12/h6-7,12,15H,2-5H2,1H3,(H,16,17)/t12-/m1/s1. The lowest BCUT2D eigenvalue weighted by molar-refractivity contribution is 0.0691. The van der Waals surface area contributed by atoms with Crippen molar-refractivity contribution in [1.82, 2.24) is 5.32 Å². The van der Waals surface area contributed by atoms with Crippen LogP contribution < -0.4 is 5.32 Å². The van der Waals surface area contributed by atoms with Gasteiger partial charge in [0.2, 0.25) is 0 Å². The maximum absolute atomic E-state index is 13.7. The van der Waals surface area contributed by atoms with Crippen molar-refractivity contribution in [3.63, 3.8) is 0 Å². The van der Waals surface area contributed by atoms with Gasteiger partial charge in [-0.25, -0.2) is 9.18 Å². The van der Waals surface area contributed by atoms with Crippen LogP contribution in [-0.4, -0.2) is 17.6 Å². The van der Waals surface area contributed by atoms with Crippen molar-refractivity contribution in [1.29, 1.82) is 0 Å². The van der Waals surface area contributed by atoms with Gasteiger partial charge in [-0.2, -0.15) is 0 Å². The normalized spacial score (nSPS) is 19.5. The van der Waals surface area contributed by atoms with Crippen LogP contribution in [0.3, 0.4) is 0 Å². The molecule has 0 saturated carbocycles. The first kappa shape index (κ1) is 12.0. The fourth-order valence-corrected chi connectivity index (χ4v) is 2.38. The van der Waals surface area contributed by atoms with Crippen LogP contribution in [0.2, 0.25) is 0 Å². The van der Waals surface area contributed by atoms with E-state index in [1.807, 2.05) is 6.92 Å². The summed E-state index contributed by atoms with van der Waals surface area (Å²) < 4.78 is 13.7. The predicted molar refractivity (Wildman–Crippen MR) is 62.7 cm³/mol. The van der Waals surface area contributed by atoms with E-state index in [0.717, 1.165) is 30.5 Å². The Bertz CT molecular complexity index is 439. The number of aryl methyl sites for hydroxylation is 1. The molecule has 3 nitrogen and oxygen atoms in total. The second kappa shape index (κ2) is 4.84. The number of hydrogen-bond acceptors (Lipinski definition) is 2. The molecule has 1 aliphatic heterocycles. The van der Waals surface area contributed by atoms with E-state index in [-0.39, 0.29) is 11.6 Å². The molecule has 92 valence electrons. The Morgan fingerprint density at radius 2 is 2.35 bits per heavy atom. The number of halogens is 1. The zero-order valence-electron chi connectivity index (χ0n) is 9.79. The monoisotopic (exact) mass is 237 g/mol. The summed E-state index contributed by atoms with van der Waals surface area (Å²) in [4.78, 5) is 10.9. The van der Waals surface area contributed by atoms with Crippen LogP contribution >= 0.6 is 0 Å². The topological polar surface area (TPSA) is 49.3 Å². The zero-order valence-corrected chi connectivity index (χ0v) is 9.79. The molecule has 1 heterocycles. The van der Waals surface area contributed by atoms with Gasteiger partial charge in [0.25, 0.3) is 0 Å². The molecule has 1 fully saturated rings. The summed E-state index contributed by atoms with van der Waals surface area (Å²) in [5, 5.41) is 12.2. The molecule has 1 aromatic rings. The molecule has 0 spiro atoms. The van der Waals surface area contributed by atoms with Crippen molar-refractivity contribution in [3.8, 4) is 0 Å². The third-order valence-electron chi connectivity index (χ3n) is 3.28. The fraction of sp³-hybridized carbons (Fsp3) is 0.462. The number of nitrogens with one attached hydrogen (secondary N) is 1. The molecule has 2 N–H and O–H groups in total. The first-order chi connectivity index (χ1) is 8.13. The van der Waals surface area contributed by atoms with E-state index in [0.29, 0.717) is 6.42 Å². The van der Waals surface area contributed by atoms with Crippen molar-refractivity contribution < 1.29 is 14.3 Å². The lowest BCUT2D eigenvalue weighted by Crippen LogP contribution is -2.16. The van der Waals surface area contributed by atoms with Gasteiger partial charge >= 0.3 is 5.97 Å². The first-order valence-electron chi connectivity index (χ1n) is 5.92. The van der Waals surface area contributed by atoms with Gasteiger partial charge in [-0.3, -0.25) is 0 Å². The lowest BCUT2D eigenvalue weighted by Gasteiger charge is -2.16. The molecule has 0 amide bonds. The molecule has 2 rings (SSSR count). The Balaban J connectivity index is 2.44. The molecule has 4 heteroatoms. The molecular weight excluding hydrogens is 221 g/mol. The molecular formula is C13H16FNO2. The van der Waals surface area contributed by atoms with Crippen LogP contribution in [0.5, 0.6) is 0 Å². The molecule has 1 aromatic carbocycles. The van der Waals surface area contributed by atoms with Gasteiger partial charge in [0.05, 0.1) is 5.56 Å². The fourth-order valence-electron chi connectivity index (χ4n) is 2.38. The highest BCUT2D eigenvalue weighted by Gasteiger charge is 2.22. The van der Waals surface area contributed by atoms with E-state index in [9.17, 15) is 9.18 Å². The number of aromatic carboxylic acids is 1. The number of benzene rings is 1. The molecule has 17 heavy (non-hydrogen) atoms. The quantitative estimate of drug-likeness (QED) is 0.849. The van der Waals surface area contributed by atoms with Crippen LogP contribution in [0.4, 0.5) is 4.39 Å². The Morgan fingerprint density at radius 1 is 1.59 bits per heavy atom. The average Bonchev–Trinajstić information content (AvgIpc) is 2.81. The second-order valence-corrected chi connectivity index (χ2v) is 4.34. The molecule has 0 radical (unpaired) electrons. The largest absolute Gasteiger partial charge is 0.478 e. The summed E-state index contributed by atoms with van der Waals surface area (Å²) in [6.45, 7) is 2.90. The SMILES string of the molecule is CCc1cc(C(=O)O)c(F)cc1[C@H]1CCCN1. The van der Waals surface area contributed by atoms with Crippen molar-refractivity contribution in [2.24, 2.45) is 0 Å². The Labute approximate surface area is 99.7 Å². The summed E-state index contributed by atoms with van der Waals surface area (Å²) in [5.74, 6) is -1.85. The van der Waals surface area contributed by atoms with Gasteiger partial charge < -0.3 is 10.4 Å². The molecule has 1 aliphatic rings. The third-order valence-corrected chi connectivity index (χ3v) is 3.28. The Hall–Kier alpha value is -1.42. The minimum absolute atomic E-state index is 0.169. The van der Waals surface area contributed by atoms with Crippen molar-refractivity contribution >= 4 is 5.97 Å². The van der Waals surface area contributed by atoms with Crippen LogP contribution in [0, 0.1) is 5.82 Å². The average molecular weight is 237 g/mol. The summed E-state index contributed by atoms with van der Waals surface area (Å²) in [5.41, 5.74) is 1.60. The van der Waals surface area contributed by atoms with E-state index >= 15 is 0 Å². The number of hydrogen-bond donors (Lipinski definition) is 2. The molecule has 0 unspecified atom stereocenters. The zero-order chi connectivity index (χ0) is 12.4. The summed E-state index contributed by atoms with van der Waals surface area (Å²) in [6, 6.07) is 3.01. The maximum atomic E-state index is 13.7. The van der Waals surface area contributed by atoms with Crippen LogP contribution in [0.1, 0.15) is 47.3 Å². The van der Waals surface area contributed by atoms with Gasteiger partial charge in [0.15, 0.2) is 0 Å². The van der Waals surface area contributed by atoms with Gasteiger partial charge in [-0.15, -0.1) is 0 Å². The number of carboxylic acids is 1. The Kier molecular flexibility index (Phi) is 3.43. The second-order valence-electron chi connectivity index (χ2n) is 4.34. The van der Waals surface area contributed by atoms with E-state index in [1.165, 1.54) is 12.1 Å². The molecule has 1 atom stereocenters. The van der Waals surface area contributed by atoms with Crippen LogP contribution in [-0.2, 0) is 6.42 Å². The molecule has 0 bridgehead atoms. The van der Waals surface area contributed by atoms with Gasteiger partial charge in [0.1, 0.15) is 5.82 Å². The number of carboxylic acid groups (broad SMARTS) is 1. The molecule has 0 aromatic heterocycles. The van der Waals surface area contributed by atoms with Crippen LogP contribution in [0.25, 0.3) is 0 Å². The predicted octanol–water partition coefficient (Wildman–Crippen LogP) is 2.51. The first-order valence-corrected chi connectivity index (χ1v) is 5.92. The Morgan fingerprint density at radius 3 is 2.88 bits per heavy atom. The summed E-state index contributed by atoms with van der Waals surface area (Å²) >= 11 is 0. The highest BCUT2D eigenvalue weighted by atomic mass is 19.1. The van der Waals surface area contributed by atoms with Gasteiger partial charge in [-0.1, -0.05) is 6.92 Å².